The molecule has 0 aliphatic heterocycles. The first-order chi connectivity index (χ1) is 10.0. The van der Waals surface area contributed by atoms with E-state index < -0.39 is 11.8 Å². The van der Waals surface area contributed by atoms with Gasteiger partial charge in [-0.3, -0.25) is 5.43 Å². The molecule has 4 nitrogen and oxygen atoms in total. The lowest BCUT2D eigenvalue weighted by atomic mass is 10.1. The minimum atomic E-state index is -1.35. The van der Waals surface area contributed by atoms with E-state index in [-0.39, 0.29) is 21.2 Å². The van der Waals surface area contributed by atoms with E-state index >= 15 is 0 Å². The molecule has 0 heterocycles. The van der Waals surface area contributed by atoms with Gasteiger partial charge in [-0.1, -0.05) is 41.4 Å². The zero-order valence-corrected chi connectivity index (χ0v) is 12.0. The molecule has 0 aliphatic carbocycles. The number of aromatic carboxylic acids is 1. The van der Waals surface area contributed by atoms with E-state index in [0.29, 0.717) is 5.69 Å². The second-order valence-corrected chi connectivity index (χ2v) is 4.74. The van der Waals surface area contributed by atoms with E-state index in [0.717, 1.165) is 6.07 Å². The Bertz CT molecular complexity index is 706. The molecule has 0 atom stereocenters. The van der Waals surface area contributed by atoms with Crippen molar-refractivity contribution in [1.29, 1.82) is 0 Å². The van der Waals surface area contributed by atoms with Gasteiger partial charge in [0.1, 0.15) is 5.82 Å². The van der Waals surface area contributed by atoms with Crippen LogP contribution < -0.4 is 5.43 Å². The van der Waals surface area contributed by atoms with Gasteiger partial charge in [-0.2, -0.15) is 5.10 Å². The van der Waals surface area contributed by atoms with Crippen LogP contribution in [0.15, 0.2) is 41.5 Å². The fourth-order valence-electron chi connectivity index (χ4n) is 1.58. The first-order valence-electron chi connectivity index (χ1n) is 5.75. The molecule has 0 saturated heterocycles. The maximum Gasteiger partial charge on any atom is 0.337 e. The molecule has 0 saturated carbocycles. The Morgan fingerprint density at radius 3 is 2.52 bits per heavy atom. The van der Waals surface area contributed by atoms with Gasteiger partial charge < -0.3 is 5.11 Å². The maximum atomic E-state index is 13.6. The number of hydrogen-bond acceptors (Lipinski definition) is 3. The van der Waals surface area contributed by atoms with Crippen LogP contribution in [0.2, 0.25) is 10.0 Å². The van der Waals surface area contributed by atoms with E-state index in [1.54, 1.807) is 12.1 Å². The largest absolute Gasteiger partial charge is 0.478 e. The van der Waals surface area contributed by atoms with Crippen LogP contribution in [-0.4, -0.2) is 17.3 Å². The van der Waals surface area contributed by atoms with Gasteiger partial charge in [-0.05, 0) is 18.2 Å². The summed E-state index contributed by atoms with van der Waals surface area (Å²) >= 11 is 11.7. The number of hydrazone groups is 1. The Hall–Kier alpha value is -2.11. The smallest absolute Gasteiger partial charge is 0.337 e. The summed E-state index contributed by atoms with van der Waals surface area (Å²) in [6, 6.07) is 9.78. The summed E-state index contributed by atoms with van der Waals surface area (Å²) in [4.78, 5) is 11.0. The summed E-state index contributed by atoms with van der Waals surface area (Å²) in [7, 11) is 0. The third-order valence-electron chi connectivity index (χ3n) is 2.58. The highest BCUT2D eigenvalue weighted by molar-refractivity contribution is 6.40. The van der Waals surface area contributed by atoms with E-state index in [4.69, 9.17) is 28.3 Å². The molecule has 0 aromatic heterocycles. The second-order valence-electron chi connectivity index (χ2n) is 3.99. The first-order valence-corrected chi connectivity index (χ1v) is 6.51. The Morgan fingerprint density at radius 1 is 1.24 bits per heavy atom. The highest BCUT2D eigenvalue weighted by atomic mass is 35.5. The van der Waals surface area contributed by atoms with E-state index in [9.17, 15) is 9.18 Å². The molecule has 0 amide bonds. The quantitative estimate of drug-likeness (QED) is 0.501. The lowest BCUT2D eigenvalue weighted by Gasteiger charge is -2.07. The van der Waals surface area contributed by atoms with Crippen molar-refractivity contribution in [2.75, 3.05) is 5.43 Å². The number of carboxylic acid groups (broad SMARTS) is 1. The number of para-hydroxylation sites is 1. The summed E-state index contributed by atoms with van der Waals surface area (Å²) in [5.74, 6) is -2.22. The number of halogens is 3. The number of anilines is 1. The average molecular weight is 327 g/mol. The van der Waals surface area contributed by atoms with Crippen molar-refractivity contribution >= 4 is 41.1 Å². The normalized spacial score (nSPS) is 10.8. The number of carboxylic acids is 1. The van der Waals surface area contributed by atoms with Gasteiger partial charge in [0.15, 0.2) is 0 Å². The number of nitrogens with one attached hydrogen (secondary N) is 1. The minimum absolute atomic E-state index is 0.000774. The van der Waals surface area contributed by atoms with Crippen molar-refractivity contribution < 1.29 is 14.3 Å². The molecule has 0 aliphatic rings. The van der Waals surface area contributed by atoms with Gasteiger partial charge in [0, 0.05) is 5.56 Å². The van der Waals surface area contributed by atoms with Crippen molar-refractivity contribution in [2.24, 2.45) is 5.10 Å². The Morgan fingerprint density at radius 2 is 1.90 bits per heavy atom. The fourth-order valence-corrected chi connectivity index (χ4v) is 2.10. The van der Waals surface area contributed by atoms with Crippen LogP contribution in [0.5, 0.6) is 0 Å². The number of nitrogens with zero attached hydrogens (tertiary/aromatic N) is 1. The van der Waals surface area contributed by atoms with Crippen LogP contribution in [0.25, 0.3) is 0 Å². The Kier molecular flexibility index (Phi) is 4.77. The van der Waals surface area contributed by atoms with Crippen molar-refractivity contribution in [3.8, 4) is 0 Å². The minimum Gasteiger partial charge on any atom is -0.478 e. The van der Waals surface area contributed by atoms with Gasteiger partial charge in [0.2, 0.25) is 0 Å². The van der Waals surface area contributed by atoms with Crippen LogP contribution in [0.4, 0.5) is 10.1 Å². The van der Waals surface area contributed by atoms with E-state index in [2.05, 4.69) is 10.5 Å². The zero-order valence-electron chi connectivity index (χ0n) is 10.5. The van der Waals surface area contributed by atoms with E-state index in [1.807, 2.05) is 18.2 Å². The maximum absolute atomic E-state index is 13.6. The van der Waals surface area contributed by atoms with Crippen LogP contribution in [-0.2, 0) is 0 Å². The van der Waals surface area contributed by atoms with Crippen LogP contribution in [0.3, 0.4) is 0 Å². The molecule has 2 aromatic carbocycles. The Labute approximate surface area is 129 Å². The third kappa shape index (κ3) is 3.51. The molecule has 2 aromatic rings. The molecule has 108 valence electrons. The molecule has 2 N–H and O–H groups in total. The molecule has 21 heavy (non-hydrogen) atoms. The molecule has 0 unspecified atom stereocenters. The predicted octanol–water partition coefficient (Wildman–Crippen LogP) is 4.28. The first kappa shape index (κ1) is 15.3. The molecular weight excluding hydrogens is 318 g/mol. The summed E-state index contributed by atoms with van der Waals surface area (Å²) < 4.78 is 13.6. The number of hydrogen-bond donors (Lipinski definition) is 2. The number of carbonyl (C=O) groups is 1. The summed E-state index contributed by atoms with van der Waals surface area (Å²) in [6.45, 7) is 0. The van der Waals surface area contributed by atoms with Crippen molar-refractivity contribution in [1.82, 2.24) is 0 Å². The highest BCUT2D eigenvalue weighted by Gasteiger charge is 2.18. The lowest BCUT2D eigenvalue weighted by Crippen LogP contribution is -2.03. The molecular formula is C14H9Cl2FN2O2. The van der Waals surface area contributed by atoms with E-state index in [1.165, 1.54) is 6.21 Å². The second kappa shape index (κ2) is 6.56. The predicted molar refractivity (Wildman–Crippen MR) is 81.0 cm³/mol. The monoisotopic (exact) mass is 326 g/mol. The van der Waals surface area contributed by atoms with Gasteiger partial charge in [-0.25, -0.2) is 9.18 Å². The number of rotatable bonds is 4. The van der Waals surface area contributed by atoms with Crippen molar-refractivity contribution in [3.05, 3.63) is 63.4 Å². The molecule has 0 radical (unpaired) electrons. The van der Waals surface area contributed by atoms with Gasteiger partial charge in [0.25, 0.3) is 0 Å². The molecule has 2 rings (SSSR count). The highest BCUT2D eigenvalue weighted by Crippen LogP contribution is 2.29. The lowest BCUT2D eigenvalue weighted by molar-refractivity contribution is 0.0696. The summed E-state index contributed by atoms with van der Waals surface area (Å²) in [6.07, 6.45) is 1.17. The average Bonchev–Trinajstić information content (AvgIpc) is 2.47. The fraction of sp³-hybridized carbons (Fsp3) is 0. The Balaban J connectivity index is 2.33. The molecule has 0 bridgehead atoms. The zero-order chi connectivity index (χ0) is 15.4. The summed E-state index contributed by atoms with van der Waals surface area (Å²) in [5.41, 5.74) is 3.03. The third-order valence-corrected chi connectivity index (χ3v) is 3.37. The van der Waals surface area contributed by atoms with Gasteiger partial charge in [-0.15, -0.1) is 0 Å². The van der Waals surface area contributed by atoms with Crippen molar-refractivity contribution in [3.63, 3.8) is 0 Å². The van der Waals surface area contributed by atoms with Gasteiger partial charge in [0.05, 0.1) is 27.5 Å². The van der Waals surface area contributed by atoms with Crippen LogP contribution in [0, 0.1) is 5.82 Å². The SMILES string of the molecule is O=C(O)c1cc(F)c(Cl)c(C=NNc2ccccc2)c1Cl. The standard InChI is InChI=1S/C14H9Cl2FN2O2/c15-12-9(14(20)21)6-11(17)13(16)10(12)7-18-19-8-4-2-1-3-5-8/h1-7,19H,(H,20,21). The van der Waals surface area contributed by atoms with Gasteiger partial charge >= 0.3 is 5.97 Å². The molecule has 0 spiro atoms. The summed E-state index contributed by atoms with van der Waals surface area (Å²) in [5, 5.41) is 12.4. The number of benzene rings is 2. The van der Waals surface area contributed by atoms with Crippen LogP contribution >= 0.6 is 23.2 Å². The van der Waals surface area contributed by atoms with Crippen molar-refractivity contribution in [2.45, 2.75) is 0 Å². The molecule has 7 heteroatoms. The van der Waals surface area contributed by atoms with Crippen LogP contribution in [0.1, 0.15) is 15.9 Å². The topological polar surface area (TPSA) is 61.7 Å². The molecule has 0 fully saturated rings.